The van der Waals surface area contributed by atoms with Crippen molar-refractivity contribution in [3.63, 3.8) is 0 Å². The maximum atomic E-state index is 14.1. The normalized spacial score (nSPS) is 38.8. The summed E-state index contributed by atoms with van der Waals surface area (Å²) in [5.41, 5.74) is -4.84. The number of hydrogen-bond acceptors (Lipinski definition) is 15. The zero-order valence-corrected chi connectivity index (χ0v) is 46.6. The van der Waals surface area contributed by atoms with E-state index in [9.17, 15) is 39.9 Å². The molecule has 3 aliphatic heterocycles. The molecule has 0 aromatic heterocycles. The summed E-state index contributed by atoms with van der Waals surface area (Å²) < 4.78 is 37.1. The first-order chi connectivity index (χ1) is 33.2. The minimum absolute atomic E-state index is 0.0936. The molecule has 3 rings (SSSR count). The van der Waals surface area contributed by atoms with Crippen LogP contribution in [-0.2, 0) is 42.8 Å². The fourth-order valence-corrected chi connectivity index (χ4v) is 11.1. The van der Waals surface area contributed by atoms with Crippen molar-refractivity contribution in [3.05, 3.63) is 0 Å². The van der Waals surface area contributed by atoms with Gasteiger partial charge in [-0.2, -0.15) is 0 Å². The van der Waals surface area contributed by atoms with Crippen LogP contribution in [0.4, 0.5) is 0 Å². The monoisotopic (exact) mass is 1020 g/mol. The van der Waals surface area contributed by atoms with Crippen molar-refractivity contribution in [1.29, 1.82) is 0 Å². The third kappa shape index (κ3) is 20.0. The largest absolute Gasteiger partial charge is 0.481 e. The average molecular weight is 1020 g/mol. The minimum Gasteiger partial charge on any atom is -0.481 e. The van der Waals surface area contributed by atoms with Gasteiger partial charge in [-0.1, -0.05) is 125 Å². The fraction of sp³-hybridized carbons (Fsp3) is 0.945. The minimum atomic E-state index is -1.99. The third-order valence-corrected chi connectivity index (χ3v) is 15.8. The highest BCUT2D eigenvalue weighted by atomic mass is 16.7. The van der Waals surface area contributed by atoms with Gasteiger partial charge in [-0.05, 0) is 81.3 Å². The number of hydrogen-bond donors (Lipinski definition) is 6. The number of carboxylic acids is 1. The van der Waals surface area contributed by atoms with E-state index in [0.717, 1.165) is 12.8 Å². The Hall–Kier alpha value is -1.83. The SMILES string of the molecule is CCCCCCCCCCCCCCCCCC(=O)O.CC[C@@H]1OC(=O)[C@H](C)[C@H](O[C@H]2C[C@@](C)(OC)[C@@H](O)[C@H](C)O2)[C@@H](C)[C@H](O[C@@H]2O[C@H](C)C[C@H](N(C)C)[C@H]2O)[C@@](C)(O)C[C@H](C)C(=O)C(C)[C@@H](O)C1(C)O. The van der Waals surface area contributed by atoms with E-state index in [1.165, 1.54) is 111 Å². The second kappa shape index (κ2) is 31.3. The van der Waals surface area contributed by atoms with Crippen LogP contribution in [0, 0.1) is 23.7 Å². The molecule has 71 heavy (non-hydrogen) atoms. The summed E-state index contributed by atoms with van der Waals surface area (Å²) in [4.78, 5) is 40.1. The molecule has 0 spiro atoms. The highest BCUT2D eigenvalue weighted by molar-refractivity contribution is 5.83. The molecule has 3 heterocycles. The van der Waals surface area contributed by atoms with Gasteiger partial charge in [0.1, 0.15) is 29.7 Å². The van der Waals surface area contributed by atoms with E-state index in [0.29, 0.717) is 12.8 Å². The Bertz CT molecular complexity index is 1530. The predicted octanol–water partition coefficient (Wildman–Crippen LogP) is 8.12. The Morgan fingerprint density at radius 3 is 1.73 bits per heavy atom. The number of aliphatic hydroxyl groups is 5. The molecule has 3 aliphatic rings. The van der Waals surface area contributed by atoms with E-state index < -0.39 is 114 Å². The van der Waals surface area contributed by atoms with Gasteiger partial charge in [0, 0.05) is 43.7 Å². The lowest BCUT2D eigenvalue weighted by molar-refractivity contribution is -0.318. The molecule has 0 saturated carbocycles. The maximum Gasteiger partial charge on any atom is 0.311 e. The number of carboxylic acid groups (broad SMARTS) is 1. The molecule has 2 unspecified atom stereocenters. The number of carbonyl (C=O) groups excluding carboxylic acids is 2. The van der Waals surface area contributed by atoms with E-state index in [-0.39, 0.29) is 31.4 Å². The van der Waals surface area contributed by atoms with Gasteiger partial charge in [0.15, 0.2) is 12.6 Å². The Morgan fingerprint density at radius 1 is 0.732 bits per heavy atom. The summed E-state index contributed by atoms with van der Waals surface area (Å²) >= 11 is 0. The molecule has 0 aromatic rings. The molecule has 16 heteroatoms. The van der Waals surface area contributed by atoms with Gasteiger partial charge in [-0.25, -0.2) is 0 Å². The summed E-state index contributed by atoms with van der Waals surface area (Å²) in [5, 5.41) is 66.1. The van der Waals surface area contributed by atoms with Crippen molar-refractivity contribution in [3.8, 4) is 0 Å². The standard InChI is InChI=1S/C37H67NO13.C18H36O2/c1-14-25-37(10,45)30(41)20(4)27(39)18(2)16-35(8,44)32(51-34-28(40)24(38(11)12)15-19(3)47-34)21(5)29(22(6)33(43)49-25)50-26-17-36(9,46-13)31(42)23(7)48-26;1-2-3-4-5-6-7-8-9-10-11-12-13-14-15-16-17-18(19)20/h18-26,28-32,34,40-42,44-45H,14-17H2,1-13H3;2-17H2,1H3,(H,19,20)/t18-,19+,20?,21+,22+,23-,24-,25-,26-,28+,29+,30+,31-,32-,34-,35-,36+,37?;/m0./s1. The first-order valence-corrected chi connectivity index (χ1v) is 27.5. The average Bonchev–Trinajstić information content (AvgIpc) is 3.31. The van der Waals surface area contributed by atoms with Gasteiger partial charge >= 0.3 is 11.9 Å². The van der Waals surface area contributed by atoms with Gasteiger partial charge in [0.05, 0.1) is 47.6 Å². The zero-order chi connectivity index (χ0) is 53.9. The van der Waals surface area contributed by atoms with E-state index >= 15 is 0 Å². The Morgan fingerprint density at radius 2 is 1.25 bits per heavy atom. The second-order valence-corrected chi connectivity index (χ2v) is 22.6. The van der Waals surface area contributed by atoms with Gasteiger partial charge in [-0.3, -0.25) is 14.4 Å². The van der Waals surface area contributed by atoms with Crippen LogP contribution >= 0.6 is 0 Å². The van der Waals surface area contributed by atoms with Crippen LogP contribution in [0.5, 0.6) is 0 Å². The van der Waals surface area contributed by atoms with Crippen LogP contribution < -0.4 is 0 Å². The van der Waals surface area contributed by atoms with Gasteiger partial charge < -0.3 is 64.0 Å². The third-order valence-electron chi connectivity index (χ3n) is 15.8. The van der Waals surface area contributed by atoms with E-state index in [4.69, 9.17) is 33.5 Å². The number of ketones is 1. The summed E-state index contributed by atoms with van der Waals surface area (Å²) in [6.07, 6.45) is 10.5. The first-order valence-electron chi connectivity index (χ1n) is 27.5. The quantitative estimate of drug-likeness (QED) is 0.0419. The topological polar surface area (TPSA) is 231 Å². The van der Waals surface area contributed by atoms with Crippen LogP contribution in [0.3, 0.4) is 0 Å². The van der Waals surface area contributed by atoms with Crippen molar-refractivity contribution in [2.24, 2.45) is 23.7 Å². The van der Waals surface area contributed by atoms with E-state index in [1.54, 1.807) is 41.5 Å². The van der Waals surface area contributed by atoms with Crippen molar-refractivity contribution in [1.82, 2.24) is 4.90 Å². The predicted molar refractivity (Wildman–Crippen MR) is 273 cm³/mol. The lowest BCUT2D eigenvalue weighted by Gasteiger charge is -2.49. The van der Waals surface area contributed by atoms with Gasteiger partial charge in [0.25, 0.3) is 0 Å². The van der Waals surface area contributed by atoms with Gasteiger partial charge in [-0.15, -0.1) is 0 Å². The Kier molecular flexibility index (Phi) is 28.8. The van der Waals surface area contributed by atoms with E-state index in [2.05, 4.69) is 6.92 Å². The lowest BCUT2D eigenvalue weighted by Crippen LogP contribution is -2.61. The van der Waals surface area contributed by atoms with Crippen LogP contribution in [0.2, 0.25) is 0 Å². The molecule has 6 N–H and O–H groups in total. The molecule has 0 radical (unpaired) electrons. The highest BCUT2D eigenvalue weighted by Gasteiger charge is 2.53. The number of methoxy groups -OCH3 is 1. The molecule has 16 nitrogen and oxygen atoms in total. The molecule has 0 bridgehead atoms. The number of carbonyl (C=O) groups is 3. The number of unbranched alkanes of at least 4 members (excludes halogenated alkanes) is 14. The number of aliphatic carboxylic acids is 1. The second-order valence-electron chi connectivity index (χ2n) is 22.6. The smallest absolute Gasteiger partial charge is 0.311 e. The Balaban J connectivity index is 0.000000725. The molecule has 0 aliphatic carbocycles. The summed E-state index contributed by atoms with van der Waals surface area (Å²) in [6, 6.07) is -0.324. The van der Waals surface area contributed by atoms with Crippen LogP contribution in [-0.4, -0.2) is 159 Å². The number of nitrogens with zero attached hydrogens (tertiary/aromatic N) is 1. The molecule has 0 aromatic carbocycles. The van der Waals surface area contributed by atoms with Crippen molar-refractivity contribution >= 4 is 17.7 Å². The Labute approximate surface area is 428 Å². The molecule has 3 fully saturated rings. The number of esters is 1. The summed E-state index contributed by atoms with van der Waals surface area (Å²) in [6.45, 7) is 18.6. The number of Topliss-reactive ketones (excluding diaryl/α,β-unsaturated/α-hetero) is 1. The number of rotatable bonds is 23. The zero-order valence-electron chi connectivity index (χ0n) is 46.6. The molecule has 418 valence electrons. The van der Waals surface area contributed by atoms with Crippen molar-refractivity contribution in [2.45, 2.75) is 289 Å². The molecular formula is C55H103NO15. The molecule has 18 atom stereocenters. The highest BCUT2D eigenvalue weighted by Crippen LogP contribution is 2.41. The fourth-order valence-electron chi connectivity index (χ4n) is 11.1. The molecule has 3 saturated heterocycles. The van der Waals surface area contributed by atoms with E-state index in [1.807, 2.05) is 25.9 Å². The molecular weight excluding hydrogens is 915 g/mol. The van der Waals surface area contributed by atoms with Crippen molar-refractivity contribution in [2.75, 3.05) is 21.2 Å². The van der Waals surface area contributed by atoms with Crippen molar-refractivity contribution < 1.29 is 73.4 Å². The molecule has 0 amide bonds. The summed E-state index contributed by atoms with van der Waals surface area (Å²) in [5.74, 6) is -5.63. The number of cyclic esters (lactones) is 1. The first kappa shape index (κ1) is 65.3. The van der Waals surface area contributed by atoms with Gasteiger partial charge in [0.2, 0.25) is 0 Å². The summed E-state index contributed by atoms with van der Waals surface area (Å²) in [7, 11) is 5.18. The number of aliphatic hydroxyl groups excluding tert-OH is 3. The number of likely N-dealkylation sites (N-methyl/N-ethyl adjacent to an activating group) is 1. The van der Waals surface area contributed by atoms with Crippen LogP contribution in [0.25, 0.3) is 0 Å². The van der Waals surface area contributed by atoms with Crippen LogP contribution in [0.1, 0.15) is 205 Å². The lowest BCUT2D eigenvalue weighted by atomic mass is 9.74. The van der Waals surface area contributed by atoms with Crippen LogP contribution in [0.15, 0.2) is 0 Å². The number of ether oxygens (including phenoxy) is 6. The maximum absolute atomic E-state index is 14.1.